The lowest BCUT2D eigenvalue weighted by Gasteiger charge is -2.20. The molecule has 1 amide bonds. The van der Waals surface area contributed by atoms with E-state index in [0.29, 0.717) is 12.2 Å². The molecule has 0 aliphatic heterocycles. The Morgan fingerprint density at radius 3 is 2.55 bits per heavy atom. The molecule has 1 N–H and O–H groups in total. The Morgan fingerprint density at radius 1 is 1.35 bits per heavy atom. The molecule has 0 fully saturated rings. The maximum atomic E-state index is 11.5. The van der Waals surface area contributed by atoms with E-state index in [4.69, 9.17) is 4.74 Å². The third-order valence-electron chi connectivity index (χ3n) is 2.63. The zero-order valence-corrected chi connectivity index (χ0v) is 11.6. The molecule has 4 heteroatoms. The van der Waals surface area contributed by atoms with Crippen LogP contribution >= 0.6 is 0 Å². The van der Waals surface area contributed by atoms with E-state index in [1.165, 1.54) is 13.0 Å². The average molecular weight is 273 g/mol. The molecule has 0 heterocycles. The number of hydrogen-bond donors (Lipinski definition) is 1. The van der Waals surface area contributed by atoms with Gasteiger partial charge in [-0.05, 0) is 25.0 Å². The highest BCUT2D eigenvalue weighted by atomic mass is 16.5. The van der Waals surface area contributed by atoms with Crippen LogP contribution in [0.4, 0.5) is 0 Å². The van der Waals surface area contributed by atoms with Gasteiger partial charge >= 0.3 is 0 Å². The zero-order valence-electron chi connectivity index (χ0n) is 11.6. The summed E-state index contributed by atoms with van der Waals surface area (Å²) in [6.07, 6.45) is 1.73. The molecule has 1 aromatic rings. The van der Waals surface area contributed by atoms with Crippen LogP contribution in [-0.2, 0) is 20.7 Å². The van der Waals surface area contributed by atoms with E-state index in [-0.39, 0.29) is 18.3 Å². The van der Waals surface area contributed by atoms with Crippen LogP contribution in [0.2, 0.25) is 0 Å². The van der Waals surface area contributed by atoms with Crippen molar-refractivity contribution in [2.45, 2.75) is 19.4 Å². The summed E-state index contributed by atoms with van der Waals surface area (Å²) in [4.78, 5) is 22.4. The lowest BCUT2D eigenvalue weighted by molar-refractivity contribution is -0.120. The number of nitrogens with one attached hydrogen (secondary N) is 1. The highest BCUT2D eigenvalue weighted by Crippen LogP contribution is 2.10. The molecule has 1 aromatic carbocycles. The van der Waals surface area contributed by atoms with Crippen LogP contribution in [0.15, 0.2) is 55.3 Å². The number of carbonyl (C=O) groups is 2. The smallest absolute Gasteiger partial charge is 0.243 e. The van der Waals surface area contributed by atoms with Crippen molar-refractivity contribution in [1.29, 1.82) is 0 Å². The van der Waals surface area contributed by atoms with Crippen molar-refractivity contribution in [3.05, 3.63) is 60.9 Å². The number of Topliss-reactive ketones (excluding diaryl/α,β-unsaturated/α-hetero) is 1. The fourth-order valence-corrected chi connectivity index (χ4v) is 1.62. The highest BCUT2D eigenvalue weighted by molar-refractivity contribution is 5.87. The van der Waals surface area contributed by atoms with Crippen LogP contribution in [0.25, 0.3) is 0 Å². The van der Waals surface area contributed by atoms with Crippen LogP contribution in [0.1, 0.15) is 12.5 Å². The fourth-order valence-electron chi connectivity index (χ4n) is 1.62. The molecule has 0 radical (unpaired) electrons. The normalized spacial score (nSPS) is 11.2. The molecule has 20 heavy (non-hydrogen) atoms. The Morgan fingerprint density at radius 2 is 2.00 bits per heavy atom. The third-order valence-corrected chi connectivity index (χ3v) is 2.63. The average Bonchev–Trinajstić information content (AvgIpc) is 2.44. The van der Waals surface area contributed by atoms with Crippen molar-refractivity contribution < 1.29 is 14.3 Å². The Kier molecular flexibility index (Phi) is 6.23. The minimum atomic E-state index is -0.401. The molecule has 1 rings (SSSR count). The Hall–Kier alpha value is -2.36. The lowest BCUT2D eigenvalue weighted by atomic mass is 10.0. The number of amides is 1. The zero-order chi connectivity index (χ0) is 15.0. The molecule has 1 unspecified atom stereocenters. The van der Waals surface area contributed by atoms with E-state index in [1.54, 1.807) is 0 Å². The van der Waals surface area contributed by atoms with E-state index < -0.39 is 6.04 Å². The molecule has 0 spiro atoms. The standard InChI is InChI=1S/C16H19NO3/c1-4-16(19)17-15(13(3)20-11-12(2)18)10-14-8-6-5-7-9-14/h4-9,15H,1,3,10-11H2,2H3,(H,17,19). The van der Waals surface area contributed by atoms with Gasteiger partial charge in [-0.15, -0.1) is 0 Å². The van der Waals surface area contributed by atoms with Crippen LogP contribution in [0.3, 0.4) is 0 Å². The summed E-state index contributed by atoms with van der Waals surface area (Å²) in [5, 5.41) is 2.75. The largest absolute Gasteiger partial charge is 0.489 e. The predicted molar refractivity (Wildman–Crippen MR) is 78.0 cm³/mol. The summed E-state index contributed by atoms with van der Waals surface area (Å²) in [5.41, 5.74) is 1.04. The maximum Gasteiger partial charge on any atom is 0.243 e. The minimum absolute atomic E-state index is 0.0475. The number of hydrogen-bond acceptors (Lipinski definition) is 3. The number of benzene rings is 1. The molecule has 0 saturated carbocycles. The van der Waals surface area contributed by atoms with Gasteiger partial charge in [0.15, 0.2) is 5.78 Å². The van der Waals surface area contributed by atoms with Gasteiger partial charge in [0, 0.05) is 0 Å². The molecule has 0 bridgehead atoms. The maximum absolute atomic E-state index is 11.5. The number of carbonyl (C=O) groups excluding carboxylic acids is 2. The van der Waals surface area contributed by atoms with Crippen LogP contribution < -0.4 is 5.32 Å². The highest BCUT2D eigenvalue weighted by Gasteiger charge is 2.17. The van der Waals surface area contributed by atoms with Crippen molar-refractivity contribution in [3.8, 4) is 0 Å². The van der Waals surface area contributed by atoms with Gasteiger partial charge in [-0.1, -0.05) is 43.5 Å². The molecular formula is C16H19NO3. The SMILES string of the molecule is C=CC(=O)NC(Cc1ccccc1)C(=C)OCC(C)=O. The van der Waals surface area contributed by atoms with Crippen molar-refractivity contribution >= 4 is 11.7 Å². The van der Waals surface area contributed by atoms with Gasteiger partial charge in [-0.25, -0.2) is 0 Å². The van der Waals surface area contributed by atoms with Gasteiger partial charge in [-0.3, -0.25) is 9.59 Å². The Balaban J connectivity index is 2.73. The van der Waals surface area contributed by atoms with Gasteiger partial charge in [-0.2, -0.15) is 0 Å². The third kappa shape index (κ3) is 5.52. The topological polar surface area (TPSA) is 55.4 Å². The van der Waals surface area contributed by atoms with Crippen LogP contribution in [0.5, 0.6) is 0 Å². The second-order valence-electron chi connectivity index (χ2n) is 4.41. The minimum Gasteiger partial charge on any atom is -0.489 e. The van der Waals surface area contributed by atoms with E-state index >= 15 is 0 Å². The number of rotatable bonds is 8. The summed E-state index contributed by atoms with van der Waals surface area (Å²) in [7, 11) is 0. The van der Waals surface area contributed by atoms with Crippen molar-refractivity contribution in [2.24, 2.45) is 0 Å². The lowest BCUT2D eigenvalue weighted by Crippen LogP contribution is -2.37. The van der Waals surface area contributed by atoms with Crippen molar-refractivity contribution in [2.75, 3.05) is 6.61 Å². The summed E-state index contributed by atoms with van der Waals surface area (Å²) < 4.78 is 5.29. The van der Waals surface area contributed by atoms with E-state index in [2.05, 4.69) is 18.5 Å². The molecule has 0 aromatic heterocycles. The molecule has 0 aliphatic carbocycles. The molecule has 0 aliphatic rings. The molecule has 0 saturated heterocycles. The van der Waals surface area contributed by atoms with Gasteiger partial charge in [0.05, 0.1) is 6.04 Å². The van der Waals surface area contributed by atoms with Gasteiger partial charge in [0.1, 0.15) is 12.4 Å². The second-order valence-corrected chi connectivity index (χ2v) is 4.41. The predicted octanol–water partition coefficient (Wildman–Crippen LogP) is 2.02. The first kappa shape index (κ1) is 15.7. The number of ketones is 1. The first-order chi connectivity index (χ1) is 9.52. The Bertz CT molecular complexity index is 494. The Labute approximate surface area is 119 Å². The molecular weight excluding hydrogens is 254 g/mol. The number of ether oxygens (including phenoxy) is 1. The summed E-state index contributed by atoms with van der Waals surface area (Å²) in [6.45, 7) is 8.59. The second kappa shape index (κ2) is 7.94. The van der Waals surface area contributed by atoms with Gasteiger partial charge in [0.25, 0.3) is 0 Å². The first-order valence-corrected chi connectivity index (χ1v) is 6.30. The summed E-state index contributed by atoms with van der Waals surface area (Å²) >= 11 is 0. The van der Waals surface area contributed by atoms with Crippen molar-refractivity contribution in [1.82, 2.24) is 5.32 Å². The molecule has 106 valence electrons. The van der Waals surface area contributed by atoms with Gasteiger partial charge in [0.2, 0.25) is 5.91 Å². The quantitative estimate of drug-likeness (QED) is 0.582. The first-order valence-electron chi connectivity index (χ1n) is 6.30. The fraction of sp³-hybridized carbons (Fsp3) is 0.250. The summed E-state index contributed by atoms with van der Waals surface area (Å²) in [5.74, 6) is -0.0441. The van der Waals surface area contributed by atoms with E-state index in [9.17, 15) is 9.59 Å². The van der Waals surface area contributed by atoms with Crippen molar-refractivity contribution in [3.63, 3.8) is 0 Å². The van der Waals surface area contributed by atoms with Crippen LogP contribution in [0, 0.1) is 0 Å². The van der Waals surface area contributed by atoms with E-state index in [0.717, 1.165) is 5.56 Å². The van der Waals surface area contributed by atoms with Gasteiger partial charge < -0.3 is 10.1 Å². The molecule has 4 nitrogen and oxygen atoms in total. The molecule has 1 atom stereocenters. The van der Waals surface area contributed by atoms with E-state index in [1.807, 2.05) is 30.3 Å². The summed E-state index contributed by atoms with van der Waals surface area (Å²) in [6, 6.07) is 9.25. The monoisotopic (exact) mass is 273 g/mol. The van der Waals surface area contributed by atoms with Crippen LogP contribution in [-0.4, -0.2) is 24.3 Å².